The summed E-state index contributed by atoms with van der Waals surface area (Å²) in [5, 5.41) is 9.10. The van der Waals surface area contributed by atoms with E-state index in [-0.39, 0.29) is 23.4 Å². The number of nitrogens with zero attached hydrogens (tertiary/aromatic N) is 1. The van der Waals surface area contributed by atoms with Gasteiger partial charge >= 0.3 is 0 Å². The summed E-state index contributed by atoms with van der Waals surface area (Å²) < 4.78 is 0. The Kier molecular flexibility index (Phi) is 6.78. The fourth-order valence-electron chi connectivity index (χ4n) is 3.62. The van der Waals surface area contributed by atoms with Crippen LogP contribution in [0.1, 0.15) is 54.9 Å². The minimum Gasteiger partial charge on any atom is -0.350 e. The summed E-state index contributed by atoms with van der Waals surface area (Å²) in [7, 11) is 0. The Morgan fingerprint density at radius 2 is 2.14 bits per heavy atom. The molecule has 2 aromatic rings. The predicted molar refractivity (Wildman–Crippen MR) is 115 cm³/mol. The van der Waals surface area contributed by atoms with Gasteiger partial charge in [-0.05, 0) is 57.1 Å². The second-order valence-corrected chi connectivity index (χ2v) is 9.24. The Morgan fingerprint density at radius 3 is 2.71 bits per heavy atom. The molecule has 0 aliphatic carbocycles. The topological polar surface area (TPSA) is 71.1 Å². The van der Waals surface area contributed by atoms with Gasteiger partial charge in [0.15, 0.2) is 0 Å². The zero-order chi connectivity index (χ0) is 20.1. The summed E-state index contributed by atoms with van der Waals surface area (Å²) in [4.78, 5) is 30.1. The van der Waals surface area contributed by atoms with Crippen LogP contribution in [0.15, 0.2) is 34.5 Å². The van der Waals surface area contributed by atoms with E-state index < -0.39 is 0 Å². The molecule has 1 saturated heterocycles. The number of carbonyl (C=O) groups excluding carboxylic acids is 2. The second-order valence-electron chi connectivity index (χ2n) is 7.47. The number of aromatic nitrogens is 1. The average Bonchev–Trinajstić information content (AvgIpc) is 3.27. The molecular weight excluding hydrogens is 390 g/mol. The Morgan fingerprint density at radius 1 is 1.39 bits per heavy atom. The number of benzene rings is 1. The number of thioether (sulfide) groups is 1. The number of thiazole rings is 1. The molecule has 1 aromatic carbocycles. The van der Waals surface area contributed by atoms with Gasteiger partial charge in [0.2, 0.25) is 11.8 Å². The molecule has 5 nitrogen and oxygen atoms in total. The fraction of sp³-hybridized carbons (Fsp3) is 0.476. The Balaban J connectivity index is 1.60. The van der Waals surface area contributed by atoms with Crippen molar-refractivity contribution in [3.05, 3.63) is 45.9 Å². The molecule has 28 heavy (non-hydrogen) atoms. The zero-order valence-electron chi connectivity index (χ0n) is 16.6. The Hall–Kier alpha value is -1.86. The first kappa shape index (κ1) is 20.9. The van der Waals surface area contributed by atoms with Gasteiger partial charge in [-0.25, -0.2) is 4.98 Å². The predicted octanol–water partition coefficient (Wildman–Crippen LogP) is 4.02. The molecule has 2 heterocycles. The van der Waals surface area contributed by atoms with Crippen LogP contribution in [0.2, 0.25) is 0 Å². The number of rotatable bonds is 8. The summed E-state index contributed by atoms with van der Waals surface area (Å²) in [6, 6.07) is 8.35. The first-order valence-corrected chi connectivity index (χ1v) is 11.6. The minimum absolute atomic E-state index is 0.00129. The molecule has 0 bridgehead atoms. The molecule has 1 fully saturated rings. The average molecular weight is 418 g/mol. The third kappa shape index (κ3) is 5.35. The molecule has 0 saturated carbocycles. The van der Waals surface area contributed by atoms with E-state index in [0.717, 1.165) is 23.5 Å². The highest BCUT2D eigenvalue weighted by Gasteiger charge is 2.37. The fourth-order valence-corrected chi connectivity index (χ4v) is 4.83. The molecule has 2 N–H and O–H groups in total. The monoisotopic (exact) mass is 417 g/mol. The standard InChI is InChI=1S/C21H27N3O2S2/c1-14-13-28-20(22-14)15(2)23-18(25)8-10-21(11-9-19(26)24-21)12-16-4-6-17(27-3)7-5-16/h4-7,13,15H,8-12H2,1-3H3,(H,23,25)(H,24,26)/t15-,21-/m1/s1. The van der Waals surface area contributed by atoms with Crippen LogP contribution in [-0.4, -0.2) is 28.6 Å². The molecule has 3 rings (SSSR count). The summed E-state index contributed by atoms with van der Waals surface area (Å²) in [6.45, 7) is 3.91. The van der Waals surface area contributed by atoms with Crippen LogP contribution in [0.5, 0.6) is 0 Å². The molecule has 2 atom stereocenters. The minimum atomic E-state index is -0.337. The quantitative estimate of drug-likeness (QED) is 0.637. The first-order chi connectivity index (χ1) is 13.4. The maximum absolute atomic E-state index is 12.5. The largest absolute Gasteiger partial charge is 0.350 e. The van der Waals surface area contributed by atoms with Crippen LogP contribution >= 0.6 is 23.1 Å². The van der Waals surface area contributed by atoms with Crippen molar-refractivity contribution in [2.75, 3.05) is 6.26 Å². The van der Waals surface area contributed by atoms with Crippen LogP contribution in [0.4, 0.5) is 0 Å². The van der Waals surface area contributed by atoms with Gasteiger partial charge in [-0.15, -0.1) is 23.1 Å². The molecule has 7 heteroatoms. The van der Waals surface area contributed by atoms with Crippen molar-refractivity contribution in [1.29, 1.82) is 0 Å². The molecule has 0 spiro atoms. The van der Waals surface area contributed by atoms with Crippen LogP contribution < -0.4 is 10.6 Å². The van der Waals surface area contributed by atoms with E-state index in [1.54, 1.807) is 23.1 Å². The number of hydrogen-bond acceptors (Lipinski definition) is 5. The van der Waals surface area contributed by atoms with Crippen molar-refractivity contribution >= 4 is 34.9 Å². The van der Waals surface area contributed by atoms with Gasteiger partial charge in [0.1, 0.15) is 5.01 Å². The highest BCUT2D eigenvalue weighted by atomic mass is 32.2. The lowest BCUT2D eigenvalue weighted by Crippen LogP contribution is -2.44. The summed E-state index contributed by atoms with van der Waals surface area (Å²) in [5.74, 6) is 0.0754. The van der Waals surface area contributed by atoms with Gasteiger partial charge in [0.05, 0.1) is 6.04 Å². The molecule has 0 unspecified atom stereocenters. The van der Waals surface area contributed by atoms with Crippen molar-refractivity contribution in [3.63, 3.8) is 0 Å². The van der Waals surface area contributed by atoms with Crippen molar-refractivity contribution in [1.82, 2.24) is 15.6 Å². The van der Waals surface area contributed by atoms with Crippen LogP contribution in [0, 0.1) is 6.92 Å². The van der Waals surface area contributed by atoms with E-state index in [9.17, 15) is 9.59 Å². The molecule has 0 radical (unpaired) electrons. The lowest BCUT2D eigenvalue weighted by molar-refractivity contribution is -0.123. The molecular formula is C21H27N3O2S2. The highest BCUT2D eigenvalue weighted by molar-refractivity contribution is 7.98. The molecule has 2 amide bonds. The third-order valence-electron chi connectivity index (χ3n) is 5.15. The van der Waals surface area contributed by atoms with E-state index in [1.807, 2.05) is 19.2 Å². The van der Waals surface area contributed by atoms with Crippen molar-refractivity contribution in [2.45, 2.75) is 62.4 Å². The van der Waals surface area contributed by atoms with E-state index in [2.05, 4.69) is 46.1 Å². The Bertz CT molecular complexity index is 834. The van der Waals surface area contributed by atoms with E-state index in [4.69, 9.17) is 0 Å². The van der Waals surface area contributed by atoms with E-state index in [0.29, 0.717) is 19.3 Å². The lowest BCUT2D eigenvalue weighted by Gasteiger charge is -2.29. The van der Waals surface area contributed by atoms with Gasteiger partial charge in [-0.2, -0.15) is 0 Å². The number of carbonyl (C=O) groups is 2. The summed E-state index contributed by atoms with van der Waals surface area (Å²) in [5.41, 5.74) is 1.82. The lowest BCUT2D eigenvalue weighted by atomic mass is 9.85. The second kappa shape index (κ2) is 9.09. The maximum Gasteiger partial charge on any atom is 0.220 e. The molecule has 1 aromatic heterocycles. The summed E-state index contributed by atoms with van der Waals surface area (Å²) in [6.07, 6.45) is 5.13. The van der Waals surface area contributed by atoms with Gasteiger partial charge in [-0.1, -0.05) is 12.1 Å². The van der Waals surface area contributed by atoms with Gasteiger partial charge in [-0.3, -0.25) is 9.59 Å². The third-order valence-corrected chi connectivity index (χ3v) is 7.04. The molecule has 1 aliphatic rings. The SMILES string of the molecule is CSc1ccc(C[C@@]2(CCC(=O)N[C@H](C)c3nc(C)cs3)CCC(=O)N2)cc1. The first-order valence-electron chi connectivity index (χ1n) is 9.54. The number of aryl methyl sites for hydroxylation is 1. The van der Waals surface area contributed by atoms with E-state index >= 15 is 0 Å². The van der Waals surface area contributed by atoms with Crippen molar-refractivity contribution in [2.24, 2.45) is 0 Å². The molecule has 1 aliphatic heterocycles. The highest BCUT2D eigenvalue weighted by Crippen LogP contribution is 2.30. The number of nitrogens with one attached hydrogen (secondary N) is 2. The van der Waals surface area contributed by atoms with Crippen LogP contribution in [0.3, 0.4) is 0 Å². The molecule has 150 valence electrons. The van der Waals surface area contributed by atoms with E-state index in [1.165, 1.54) is 10.5 Å². The summed E-state index contributed by atoms with van der Waals surface area (Å²) >= 11 is 3.27. The van der Waals surface area contributed by atoms with Crippen molar-refractivity contribution < 1.29 is 9.59 Å². The van der Waals surface area contributed by atoms with Crippen LogP contribution in [-0.2, 0) is 16.0 Å². The van der Waals surface area contributed by atoms with Gasteiger partial charge in [0.25, 0.3) is 0 Å². The maximum atomic E-state index is 12.5. The smallest absolute Gasteiger partial charge is 0.220 e. The van der Waals surface area contributed by atoms with Crippen molar-refractivity contribution in [3.8, 4) is 0 Å². The van der Waals surface area contributed by atoms with Crippen LogP contribution in [0.25, 0.3) is 0 Å². The Labute approximate surface area is 174 Å². The van der Waals surface area contributed by atoms with Gasteiger partial charge < -0.3 is 10.6 Å². The number of hydrogen-bond donors (Lipinski definition) is 2. The van der Waals surface area contributed by atoms with Gasteiger partial charge in [0, 0.05) is 34.4 Å². The normalized spacial score (nSPS) is 20.0. The zero-order valence-corrected chi connectivity index (χ0v) is 18.2. The number of amides is 2.